The van der Waals surface area contributed by atoms with Crippen LogP contribution in [0, 0.1) is 17.7 Å². The number of aromatic carboxylic acids is 1. The number of carboxylic acid groups (broad SMARTS) is 1. The zero-order valence-electron chi connectivity index (χ0n) is 16.1. The van der Waals surface area contributed by atoms with Crippen LogP contribution in [0.3, 0.4) is 0 Å². The molecule has 0 amide bonds. The van der Waals surface area contributed by atoms with E-state index < -0.39 is 11.8 Å². The Hall–Kier alpha value is -2.16. The molecule has 0 saturated heterocycles. The van der Waals surface area contributed by atoms with E-state index in [1.54, 1.807) is 6.07 Å². The third-order valence-corrected chi connectivity index (χ3v) is 5.99. The molecule has 3 heteroatoms. The van der Waals surface area contributed by atoms with Crippen LogP contribution in [0.4, 0.5) is 4.39 Å². The molecule has 0 aliphatic heterocycles. The minimum absolute atomic E-state index is 0.288. The van der Waals surface area contributed by atoms with Crippen molar-refractivity contribution in [2.75, 3.05) is 0 Å². The topological polar surface area (TPSA) is 37.3 Å². The highest BCUT2D eigenvalue weighted by atomic mass is 19.1. The summed E-state index contributed by atoms with van der Waals surface area (Å²) < 4.78 is 13.9. The summed E-state index contributed by atoms with van der Waals surface area (Å²) in [4.78, 5) is 10.9. The van der Waals surface area contributed by atoms with Crippen molar-refractivity contribution in [2.45, 2.75) is 58.3 Å². The van der Waals surface area contributed by atoms with Crippen molar-refractivity contribution in [2.24, 2.45) is 11.8 Å². The molecular formula is C24H29FO2. The van der Waals surface area contributed by atoms with Gasteiger partial charge in [-0.05, 0) is 53.5 Å². The molecule has 144 valence electrons. The van der Waals surface area contributed by atoms with Crippen LogP contribution in [0.5, 0.6) is 0 Å². The Balaban J connectivity index is 1.55. The number of halogens is 1. The number of carbonyl (C=O) groups is 1. The van der Waals surface area contributed by atoms with E-state index in [9.17, 15) is 9.18 Å². The van der Waals surface area contributed by atoms with Crippen molar-refractivity contribution in [1.82, 2.24) is 0 Å². The summed E-state index contributed by atoms with van der Waals surface area (Å²) in [5.41, 5.74) is 2.65. The average molecular weight is 368 g/mol. The summed E-state index contributed by atoms with van der Waals surface area (Å²) in [6.07, 6.45) is 10.6. The SMILES string of the molecule is CCCC1CCC(CCc2ccc(-c3ccc(C(=O)O)c(F)c3)cc2)CC1. The maximum Gasteiger partial charge on any atom is 0.338 e. The lowest BCUT2D eigenvalue weighted by molar-refractivity contribution is 0.0692. The van der Waals surface area contributed by atoms with E-state index in [0.29, 0.717) is 5.56 Å². The number of rotatable bonds is 7. The third-order valence-electron chi connectivity index (χ3n) is 5.99. The van der Waals surface area contributed by atoms with E-state index >= 15 is 0 Å². The van der Waals surface area contributed by atoms with E-state index in [0.717, 1.165) is 23.8 Å². The predicted molar refractivity (Wildman–Crippen MR) is 107 cm³/mol. The molecule has 0 aromatic heterocycles. The number of aryl methyl sites for hydroxylation is 1. The quantitative estimate of drug-likeness (QED) is 0.588. The molecule has 1 N–H and O–H groups in total. The summed E-state index contributed by atoms with van der Waals surface area (Å²) >= 11 is 0. The van der Waals surface area contributed by atoms with Crippen LogP contribution in [0.1, 0.15) is 67.8 Å². The lowest BCUT2D eigenvalue weighted by Gasteiger charge is -2.28. The van der Waals surface area contributed by atoms with Gasteiger partial charge in [-0.3, -0.25) is 0 Å². The fourth-order valence-electron chi connectivity index (χ4n) is 4.32. The lowest BCUT2D eigenvalue weighted by Crippen LogP contribution is -2.15. The van der Waals surface area contributed by atoms with Gasteiger partial charge < -0.3 is 5.11 Å². The minimum Gasteiger partial charge on any atom is -0.478 e. The zero-order chi connectivity index (χ0) is 19.2. The molecule has 0 unspecified atom stereocenters. The molecule has 0 atom stereocenters. The summed E-state index contributed by atoms with van der Waals surface area (Å²) in [6.45, 7) is 2.28. The first-order chi connectivity index (χ1) is 13.1. The second kappa shape index (κ2) is 9.16. The second-order valence-corrected chi connectivity index (χ2v) is 7.91. The van der Waals surface area contributed by atoms with Gasteiger partial charge in [-0.1, -0.05) is 75.8 Å². The van der Waals surface area contributed by atoms with Crippen molar-refractivity contribution in [3.63, 3.8) is 0 Å². The number of carboxylic acids is 1. The highest BCUT2D eigenvalue weighted by Gasteiger charge is 2.20. The molecular weight excluding hydrogens is 339 g/mol. The first-order valence-electron chi connectivity index (χ1n) is 10.2. The van der Waals surface area contributed by atoms with E-state index in [1.807, 2.05) is 12.1 Å². The summed E-state index contributed by atoms with van der Waals surface area (Å²) in [5, 5.41) is 8.93. The summed E-state index contributed by atoms with van der Waals surface area (Å²) in [6, 6.07) is 12.5. The maximum absolute atomic E-state index is 13.9. The highest BCUT2D eigenvalue weighted by molar-refractivity contribution is 5.88. The van der Waals surface area contributed by atoms with E-state index in [4.69, 9.17) is 5.11 Å². The molecule has 2 aromatic carbocycles. The molecule has 1 aliphatic rings. The lowest BCUT2D eigenvalue weighted by atomic mass is 9.78. The Morgan fingerprint density at radius 3 is 2.11 bits per heavy atom. The van der Waals surface area contributed by atoms with Gasteiger partial charge in [0.1, 0.15) is 5.82 Å². The predicted octanol–water partition coefficient (Wildman–Crippen LogP) is 6.73. The van der Waals surface area contributed by atoms with Crippen LogP contribution in [0.15, 0.2) is 42.5 Å². The molecule has 0 spiro atoms. The molecule has 2 nitrogen and oxygen atoms in total. The van der Waals surface area contributed by atoms with Gasteiger partial charge in [-0.15, -0.1) is 0 Å². The third kappa shape index (κ3) is 5.18. The van der Waals surface area contributed by atoms with Gasteiger partial charge in [0.15, 0.2) is 0 Å². The Kier molecular flexibility index (Phi) is 6.65. The molecule has 0 bridgehead atoms. The van der Waals surface area contributed by atoms with Crippen LogP contribution in [-0.4, -0.2) is 11.1 Å². The van der Waals surface area contributed by atoms with Crippen molar-refractivity contribution in [3.8, 4) is 11.1 Å². The minimum atomic E-state index is -1.24. The normalized spacial score (nSPS) is 19.8. The fourth-order valence-corrected chi connectivity index (χ4v) is 4.32. The first-order valence-corrected chi connectivity index (χ1v) is 10.2. The first kappa shape index (κ1) is 19.6. The molecule has 2 aromatic rings. The van der Waals surface area contributed by atoms with Crippen molar-refractivity contribution in [3.05, 3.63) is 59.4 Å². The van der Waals surface area contributed by atoms with Gasteiger partial charge in [0.25, 0.3) is 0 Å². The fraction of sp³-hybridized carbons (Fsp3) is 0.458. The van der Waals surface area contributed by atoms with Gasteiger partial charge in [0.2, 0.25) is 0 Å². The second-order valence-electron chi connectivity index (χ2n) is 7.91. The number of hydrogen-bond donors (Lipinski definition) is 1. The van der Waals surface area contributed by atoms with E-state index in [2.05, 4.69) is 19.1 Å². The highest BCUT2D eigenvalue weighted by Crippen LogP contribution is 2.34. The Labute approximate surface area is 161 Å². The number of benzene rings is 2. The molecule has 0 radical (unpaired) electrons. The number of hydrogen-bond acceptors (Lipinski definition) is 1. The van der Waals surface area contributed by atoms with Gasteiger partial charge in [-0.25, -0.2) is 9.18 Å². The molecule has 1 fully saturated rings. The van der Waals surface area contributed by atoms with Crippen LogP contribution >= 0.6 is 0 Å². The van der Waals surface area contributed by atoms with E-state index in [-0.39, 0.29) is 5.56 Å². The van der Waals surface area contributed by atoms with Crippen molar-refractivity contribution < 1.29 is 14.3 Å². The summed E-state index contributed by atoms with van der Waals surface area (Å²) in [7, 11) is 0. The van der Waals surface area contributed by atoms with Gasteiger partial charge in [0.05, 0.1) is 5.56 Å². The van der Waals surface area contributed by atoms with Crippen LogP contribution in [0.2, 0.25) is 0 Å². The monoisotopic (exact) mass is 368 g/mol. The Bertz CT molecular complexity index is 758. The van der Waals surface area contributed by atoms with Crippen molar-refractivity contribution >= 4 is 5.97 Å². The van der Waals surface area contributed by atoms with Crippen molar-refractivity contribution in [1.29, 1.82) is 0 Å². The molecule has 1 saturated carbocycles. The van der Waals surface area contributed by atoms with Crippen LogP contribution < -0.4 is 0 Å². The van der Waals surface area contributed by atoms with E-state index in [1.165, 1.54) is 62.6 Å². The molecule has 27 heavy (non-hydrogen) atoms. The molecule has 1 aliphatic carbocycles. The molecule has 0 heterocycles. The van der Waals surface area contributed by atoms with Gasteiger partial charge in [-0.2, -0.15) is 0 Å². The maximum atomic E-state index is 13.9. The van der Waals surface area contributed by atoms with Crippen LogP contribution in [0.25, 0.3) is 11.1 Å². The smallest absolute Gasteiger partial charge is 0.338 e. The van der Waals surface area contributed by atoms with Crippen LogP contribution in [-0.2, 0) is 6.42 Å². The standard InChI is InChI=1S/C24H29FO2/c1-2-3-17-4-6-18(7-5-17)8-9-19-10-12-20(13-11-19)21-14-15-22(24(26)27)23(25)16-21/h10-18H,2-9H2,1H3,(H,26,27). The molecule has 3 rings (SSSR count). The average Bonchev–Trinajstić information content (AvgIpc) is 2.68. The van der Waals surface area contributed by atoms with Gasteiger partial charge >= 0.3 is 5.97 Å². The Morgan fingerprint density at radius 1 is 0.963 bits per heavy atom. The summed E-state index contributed by atoms with van der Waals surface area (Å²) in [5.74, 6) is -0.116. The Morgan fingerprint density at radius 2 is 1.56 bits per heavy atom. The zero-order valence-corrected chi connectivity index (χ0v) is 16.1. The largest absolute Gasteiger partial charge is 0.478 e. The van der Waals surface area contributed by atoms with Gasteiger partial charge in [0, 0.05) is 0 Å².